The Balaban J connectivity index is 3.34. The van der Waals surface area contributed by atoms with Crippen LogP contribution in [0.25, 0.3) is 0 Å². The summed E-state index contributed by atoms with van der Waals surface area (Å²) in [5.41, 5.74) is 0. The number of unbranched alkanes of at least 4 members (excludes halogenated alkanes) is 51. The molecule has 0 aliphatic rings. The van der Waals surface area contributed by atoms with E-state index in [1.807, 2.05) is 6.08 Å². The molecular weight excluding hydrogens is 995 g/mol. The quantitative estimate of drug-likeness (QED) is 0.0320. The van der Waals surface area contributed by atoms with E-state index in [1.165, 1.54) is 315 Å². The number of ether oxygens (including phenoxy) is 1. The van der Waals surface area contributed by atoms with Crippen LogP contribution < -0.4 is 5.32 Å². The molecule has 0 aromatic carbocycles. The van der Waals surface area contributed by atoms with Crippen molar-refractivity contribution in [3.05, 3.63) is 48.6 Å². The number of esters is 1. The summed E-state index contributed by atoms with van der Waals surface area (Å²) in [5, 5.41) is 23.0. The average molecular weight is 1140 g/mol. The summed E-state index contributed by atoms with van der Waals surface area (Å²) >= 11 is 0. The van der Waals surface area contributed by atoms with Crippen LogP contribution in [0.1, 0.15) is 393 Å². The molecule has 1 amide bonds. The molecule has 0 aromatic rings. The van der Waals surface area contributed by atoms with E-state index < -0.39 is 12.1 Å². The molecule has 2 atom stereocenters. The van der Waals surface area contributed by atoms with Gasteiger partial charge in [-0.3, -0.25) is 9.59 Å². The largest absolute Gasteiger partial charge is 0.466 e. The van der Waals surface area contributed by atoms with Crippen LogP contribution in [0.4, 0.5) is 0 Å². The molecule has 3 N–H and O–H groups in total. The highest BCUT2D eigenvalue weighted by molar-refractivity contribution is 5.76. The number of carbonyl (C=O) groups is 2. The molecule has 0 aliphatic carbocycles. The standard InChI is InChI=1S/C75H141NO5/c1-3-5-7-9-11-13-15-16-42-46-49-53-57-61-65-69-75(80)81-70-66-62-58-54-50-47-44-41-39-37-35-33-31-29-27-25-23-21-19-17-18-20-22-24-26-28-30-32-34-36-38-40-43-45-48-52-56-60-64-68-74(79)76-72(71-77)73(78)67-63-59-55-51-14-12-10-8-6-4-2/h16-18,21,23,42,63,67,72-73,77-78H,3-15,19-20,22,24-41,43-62,64-66,68-71H2,1-2H3,(H,76,79)/b18-17-,23-21-,42-16-,67-63+. The summed E-state index contributed by atoms with van der Waals surface area (Å²) < 4.78 is 5.49. The summed E-state index contributed by atoms with van der Waals surface area (Å²) in [4.78, 5) is 24.5. The Morgan fingerprint density at radius 3 is 0.951 bits per heavy atom. The van der Waals surface area contributed by atoms with Crippen LogP contribution in [0.5, 0.6) is 0 Å². The summed E-state index contributed by atoms with van der Waals surface area (Å²) in [6.07, 6.45) is 92.3. The first kappa shape index (κ1) is 78.8. The molecule has 0 saturated heterocycles. The Labute approximate surface area is 506 Å². The lowest BCUT2D eigenvalue weighted by atomic mass is 10.0. The van der Waals surface area contributed by atoms with Gasteiger partial charge in [0.05, 0.1) is 25.4 Å². The van der Waals surface area contributed by atoms with Crippen molar-refractivity contribution in [1.29, 1.82) is 0 Å². The van der Waals surface area contributed by atoms with Crippen LogP contribution in [0.2, 0.25) is 0 Å². The highest BCUT2D eigenvalue weighted by atomic mass is 16.5. The van der Waals surface area contributed by atoms with Crippen LogP contribution in [-0.2, 0) is 14.3 Å². The van der Waals surface area contributed by atoms with E-state index in [9.17, 15) is 19.8 Å². The molecular formula is C75H141NO5. The number of aliphatic hydroxyl groups excluding tert-OH is 2. The molecule has 81 heavy (non-hydrogen) atoms. The SMILES string of the molecule is CCCCCCCC/C=C\CCCCCCCC(=O)OCCCCCCCCCCCCCCCCC/C=C\C/C=C\CCCCCCCCCCCCCCCCCCCC(=O)NC(CO)C(O)/C=C/CCCCCCCCCC. The normalized spacial score (nSPS) is 12.8. The Bertz CT molecular complexity index is 1360. The lowest BCUT2D eigenvalue weighted by molar-refractivity contribution is -0.143. The number of allylic oxidation sites excluding steroid dienone is 7. The van der Waals surface area contributed by atoms with Crippen molar-refractivity contribution in [2.75, 3.05) is 13.2 Å². The second-order valence-corrected chi connectivity index (χ2v) is 24.9. The van der Waals surface area contributed by atoms with E-state index >= 15 is 0 Å². The molecule has 0 spiro atoms. The zero-order valence-electron chi connectivity index (χ0n) is 54.5. The molecule has 0 radical (unpaired) electrons. The Kier molecular flexibility index (Phi) is 68.4. The van der Waals surface area contributed by atoms with Gasteiger partial charge in [0, 0.05) is 12.8 Å². The van der Waals surface area contributed by atoms with Crippen LogP contribution in [-0.4, -0.2) is 47.4 Å². The summed E-state index contributed by atoms with van der Waals surface area (Å²) in [6.45, 7) is 4.90. The van der Waals surface area contributed by atoms with E-state index in [-0.39, 0.29) is 18.5 Å². The highest BCUT2D eigenvalue weighted by Gasteiger charge is 2.18. The number of aliphatic hydroxyl groups is 2. The van der Waals surface area contributed by atoms with Gasteiger partial charge in [-0.05, 0) is 89.9 Å². The van der Waals surface area contributed by atoms with Crippen LogP contribution >= 0.6 is 0 Å². The number of hydrogen-bond acceptors (Lipinski definition) is 5. The third-order valence-corrected chi connectivity index (χ3v) is 16.8. The minimum Gasteiger partial charge on any atom is -0.466 e. The molecule has 0 bridgehead atoms. The van der Waals surface area contributed by atoms with E-state index in [1.54, 1.807) is 6.08 Å². The highest BCUT2D eigenvalue weighted by Crippen LogP contribution is 2.18. The molecule has 0 fully saturated rings. The number of amides is 1. The molecule has 6 nitrogen and oxygen atoms in total. The molecule has 0 aromatic heterocycles. The first-order valence-corrected chi connectivity index (χ1v) is 36.4. The number of carbonyl (C=O) groups excluding carboxylic acids is 2. The first-order valence-electron chi connectivity index (χ1n) is 36.4. The number of rotatable bonds is 68. The van der Waals surface area contributed by atoms with Crippen LogP contribution in [0, 0.1) is 0 Å². The van der Waals surface area contributed by atoms with Gasteiger partial charge in [-0.25, -0.2) is 0 Å². The topological polar surface area (TPSA) is 95.9 Å². The smallest absolute Gasteiger partial charge is 0.305 e. The fourth-order valence-corrected chi connectivity index (χ4v) is 11.3. The molecule has 6 heteroatoms. The van der Waals surface area contributed by atoms with Crippen molar-refractivity contribution in [2.24, 2.45) is 0 Å². The molecule has 0 rings (SSSR count). The van der Waals surface area contributed by atoms with Gasteiger partial charge < -0.3 is 20.3 Å². The summed E-state index contributed by atoms with van der Waals surface area (Å²) in [7, 11) is 0. The maximum Gasteiger partial charge on any atom is 0.305 e. The van der Waals surface area contributed by atoms with E-state index in [0.29, 0.717) is 19.4 Å². The zero-order valence-corrected chi connectivity index (χ0v) is 54.5. The Morgan fingerprint density at radius 1 is 0.346 bits per heavy atom. The van der Waals surface area contributed by atoms with Crippen molar-refractivity contribution in [3.8, 4) is 0 Å². The lowest BCUT2D eigenvalue weighted by Gasteiger charge is -2.20. The van der Waals surface area contributed by atoms with Gasteiger partial charge in [-0.2, -0.15) is 0 Å². The van der Waals surface area contributed by atoms with E-state index in [4.69, 9.17) is 4.74 Å². The van der Waals surface area contributed by atoms with Gasteiger partial charge in [0.15, 0.2) is 0 Å². The van der Waals surface area contributed by atoms with Crippen molar-refractivity contribution >= 4 is 11.9 Å². The predicted molar refractivity (Wildman–Crippen MR) is 356 cm³/mol. The lowest BCUT2D eigenvalue weighted by Crippen LogP contribution is -2.45. The number of hydrogen-bond donors (Lipinski definition) is 3. The molecule has 0 aliphatic heterocycles. The van der Waals surface area contributed by atoms with Gasteiger partial charge in [0.25, 0.3) is 0 Å². The van der Waals surface area contributed by atoms with Crippen LogP contribution in [0.3, 0.4) is 0 Å². The average Bonchev–Trinajstić information content (AvgIpc) is 3.47. The minimum absolute atomic E-state index is 0.0123. The third-order valence-electron chi connectivity index (χ3n) is 16.8. The first-order chi connectivity index (χ1) is 40.0. The second-order valence-electron chi connectivity index (χ2n) is 24.9. The molecule has 2 unspecified atom stereocenters. The van der Waals surface area contributed by atoms with Gasteiger partial charge in [0.1, 0.15) is 0 Å². The molecule has 476 valence electrons. The van der Waals surface area contributed by atoms with Crippen molar-refractivity contribution in [1.82, 2.24) is 5.32 Å². The second kappa shape index (κ2) is 70.3. The summed E-state index contributed by atoms with van der Waals surface area (Å²) in [6, 6.07) is -0.624. The van der Waals surface area contributed by atoms with Crippen molar-refractivity contribution in [2.45, 2.75) is 405 Å². The predicted octanol–water partition coefficient (Wildman–Crippen LogP) is 23.6. The number of nitrogens with one attached hydrogen (secondary N) is 1. The third kappa shape index (κ3) is 66.8. The van der Waals surface area contributed by atoms with Gasteiger partial charge in [-0.15, -0.1) is 0 Å². The van der Waals surface area contributed by atoms with Gasteiger partial charge >= 0.3 is 5.97 Å². The van der Waals surface area contributed by atoms with Gasteiger partial charge in [0.2, 0.25) is 5.91 Å². The summed E-state index contributed by atoms with van der Waals surface area (Å²) in [5.74, 6) is -0.0535. The van der Waals surface area contributed by atoms with Gasteiger partial charge in [-0.1, -0.05) is 339 Å². The van der Waals surface area contributed by atoms with E-state index in [0.717, 1.165) is 51.4 Å². The van der Waals surface area contributed by atoms with E-state index in [2.05, 4.69) is 55.6 Å². The Morgan fingerprint density at radius 2 is 0.617 bits per heavy atom. The fraction of sp³-hybridized carbons (Fsp3) is 0.867. The zero-order chi connectivity index (χ0) is 58.5. The maximum atomic E-state index is 12.4. The monoisotopic (exact) mass is 1140 g/mol. The molecule has 0 saturated carbocycles. The van der Waals surface area contributed by atoms with Crippen molar-refractivity contribution < 1.29 is 24.5 Å². The maximum absolute atomic E-state index is 12.4. The minimum atomic E-state index is -0.841. The van der Waals surface area contributed by atoms with Crippen molar-refractivity contribution in [3.63, 3.8) is 0 Å². The Hall–Kier alpha value is -2.18. The molecule has 0 heterocycles. The fourth-order valence-electron chi connectivity index (χ4n) is 11.3. The van der Waals surface area contributed by atoms with Crippen LogP contribution in [0.15, 0.2) is 48.6 Å².